The number of hydrogen-bond donors (Lipinski definition) is 0. The monoisotopic (exact) mass is 197 g/mol. The van der Waals surface area contributed by atoms with Gasteiger partial charge in [-0.1, -0.05) is 6.92 Å². The summed E-state index contributed by atoms with van der Waals surface area (Å²) in [4.78, 5) is 13.8. The number of Topliss-reactive ketones (excluding diaryl/α,β-unsaturated/α-hetero) is 1. The molecular weight excluding hydrogens is 174 g/mol. The lowest BCUT2D eigenvalue weighted by Gasteiger charge is -2.24. The Balaban J connectivity index is 2.22. The maximum Gasteiger partial charge on any atom is 0.136 e. The highest BCUT2D eigenvalue weighted by atomic mass is 16.1. The van der Waals surface area contributed by atoms with Gasteiger partial charge < -0.3 is 4.90 Å². The van der Waals surface area contributed by atoms with Crippen molar-refractivity contribution in [1.29, 1.82) is 0 Å². The van der Waals surface area contributed by atoms with Gasteiger partial charge in [-0.05, 0) is 46.2 Å². The minimum atomic E-state index is 0.376. The molecule has 0 aromatic heterocycles. The fourth-order valence-electron chi connectivity index (χ4n) is 2.08. The number of hydrogen-bond acceptors (Lipinski definition) is 2. The first kappa shape index (κ1) is 11.7. The summed E-state index contributed by atoms with van der Waals surface area (Å²) < 4.78 is 0. The summed E-state index contributed by atoms with van der Waals surface area (Å²) in [6, 6.07) is 0.645. The molecule has 14 heavy (non-hydrogen) atoms. The van der Waals surface area contributed by atoms with Crippen LogP contribution in [-0.2, 0) is 4.79 Å². The molecule has 0 bridgehead atoms. The molecule has 1 aliphatic carbocycles. The lowest BCUT2D eigenvalue weighted by Crippen LogP contribution is -2.30. The van der Waals surface area contributed by atoms with Crippen LogP contribution in [0.2, 0.25) is 0 Å². The highest BCUT2D eigenvalue weighted by molar-refractivity contribution is 5.82. The van der Waals surface area contributed by atoms with Crippen molar-refractivity contribution in [3.05, 3.63) is 0 Å². The quantitative estimate of drug-likeness (QED) is 0.675. The Labute approximate surface area is 87.7 Å². The highest BCUT2D eigenvalue weighted by Gasteiger charge is 2.24. The zero-order chi connectivity index (χ0) is 10.6. The topological polar surface area (TPSA) is 20.3 Å². The van der Waals surface area contributed by atoms with Crippen molar-refractivity contribution >= 4 is 5.78 Å². The van der Waals surface area contributed by atoms with E-state index in [1.165, 1.54) is 6.42 Å². The fourth-order valence-corrected chi connectivity index (χ4v) is 2.08. The number of carbonyl (C=O) groups excluding carboxylic acids is 1. The van der Waals surface area contributed by atoms with Gasteiger partial charge in [0.25, 0.3) is 0 Å². The summed E-state index contributed by atoms with van der Waals surface area (Å²) in [6.07, 6.45) is 5.34. The van der Waals surface area contributed by atoms with E-state index in [0.29, 0.717) is 17.7 Å². The molecule has 0 heterocycles. The lowest BCUT2D eigenvalue weighted by atomic mass is 10.0. The van der Waals surface area contributed by atoms with Gasteiger partial charge in [0, 0.05) is 18.4 Å². The second kappa shape index (κ2) is 5.50. The van der Waals surface area contributed by atoms with E-state index in [0.717, 1.165) is 32.2 Å². The Morgan fingerprint density at radius 3 is 2.79 bits per heavy atom. The van der Waals surface area contributed by atoms with Crippen molar-refractivity contribution in [2.75, 3.05) is 13.6 Å². The predicted molar refractivity (Wildman–Crippen MR) is 59.3 cm³/mol. The van der Waals surface area contributed by atoms with Gasteiger partial charge in [0.2, 0.25) is 0 Å². The van der Waals surface area contributed by atoms with Crippen molar-refractivity contribution in [3.8, 4) is 0 Å². The molecule has 0 aromatic rings. The summed E-state index contributed by atoms with van der Waals surface area (Å²) in [5, 5.41) is 0. The largest absolute Gasteiger partial charge is 0.304 e. The SMILES string of the molecule is CCC(C)N(C)CCC1CCCC1=O. The maximum atomic E-state index is 11.4. The van der Waals surface area contributed by atoms with E-state index in [4.69, 9.17) is 0 Å². The van der Waals surface area contributed by atoms with Gasteiger partial charge >= 0.3 is 0 Å². The van der Waals surface area contributed by atoms with E-state index in [-0.39, 0.29) is 0 Å². The molecule has 1 fully saturated rings. The Bertz CT molecular complexity index is 191. The van der Waals surface area contributed by atoms with Crippen molar-refractivity contribution < 1.29 is 4.79 Å². The second-order valence-electron chi connectivity index (χ2n) is 4.58. The molecule has 0 aromatic carbocycles. The van der Waals surface area contributed by atoms with Crippen LogP contribution in [0.15, 0.2) is 0 Å². The van der Waals surface area contributed by atoms with Crippen LogP contribution in [0.1, 0.15) is 46.0 Å². The van der Waals surface area contributed by atoms with Gasteiger partial charge in [-0.15, -0.1) is 0 Å². The summed E-state index contributed by atoms with van der Waals surface area (Å²) in [5.74, 6) is 0.879. The number of rotatable bonds is 5. The molecule has 0 aliphatic heterocycles. The standard InChI is InChI=1S/C12H23NO/c1-4-10(2)13(3)9-8-11-6-5-7-12(11)14/h10-11H,4-9H2,1-3H3. The molecule has 2 unspecified atom stereocenters. The van der Waals surface area contributed by atoms with Crippen molar-refractivity contribution in [1.82, 2.24) is 4.90 Å². The zero-order valence-electron chi connectivity index (χ0n) is 9.75. The molecule has 0 radical (unpaired) electrons. The Kier molecular flexibility index (Phi) is 4.59. The van der Waals surface area contributed by atoms with Crippen LogP contribution in [0.5, 0.6) is 0 Å². The summed E-state index contributed by atoms with van der Waals surface area (Å²) in [7, 11) is 2.16. The second-order valence-corrected chi connectivity index (χ2v) is 4.58. The third-order valence-corrected chi connectivity index (χ3v) is 3.60. The van der Waals surface area contributed by atoms with E-state index in [1.54, 1.807) is 0 Å². The van der Waals surface area contributed by atoms with Gasteiger partial charge in [-0.25, -0.2) is 0 Å². The van der Waals surface area contributed by atoms with E-state index in [9.17, 15) is 4.79 Å². The molecule has 2 heteroatoms. The average Bonchev–Trinajstić information content (AvgIpc) is 2.59. The molecule has 0 saturated heterocycles. The Morgan fingerprint density at radius 1 is 1.57 bits per heavy atom. The summed E-state index contributed by atoms with van der Waals surface area (Å²) in [5.41, 5.74) is 0. The van der Waals surface area contributed by atoms with Gasteiger partial charge in [0.1, 0.15) is 5.78 Å². The number of carbonyl (C=O) groups is 1. The van der Waals surface area contributed by atoms with Crippen LogP contribution in [0.25, 0.3) is 0 Å². The molecular formula is C12H23NO. The van der Waals surface area contributed by atoms with E-state index in [2.05, 4.69) is 25.8 Å². The van der Waals surface area contributed by atoms with Crippen molar-refractivity contribution in [2.24, 2.45) is 5.92 Å². The van der Waals surface area contributed by atoms with Crippen LogP contribution in [0, 0.1) is 5.92 Å². The third kappa shape index (κ3) is 3.09. The maximum absolute atomic E-state index is 11.4. The van der Waals surface area contributed by atoms with Crippen LogP contribution >= 0.6 is 0 Å². The molecule has 2 atom stereocenters. The molecule has 2 nitrogen and oxygen atoms in total. The first-order valence-corrected chi connectivity index (χ1v) is 5.88. The van der Waals surface area contributed by atoms with E-state index < -0.39 is 0 Å². The lowest BCUT2D eigenvalue weighted by molar-refractivity contribution is -0.120. The summed E-state index contributed by atoms with van der Waals surface area (Å²) in [6.45, 7) is 5.53. The highest BCUT2D eigenvalue weighted by Crippen LogP contribution is 2.24. The van der Waals surface area contributed by atoms with Gasteiger partial charge in [-0.3, -0.25) is 4.79 Å². The molecule has 1 rings (SSSR count). The minimum Gasteiger partial charge on any atom is -0.304 e. The van der Waals surface area contributed by atoms with Gasteiger partial charge in [0.05, 0.1) is 0 Å². The van der Waals surface area contributed by atoms with Gasteiger partial charge in [0.15, 0.2) is 0 Å². The number of nitrogens with zero attached hydrogens (tertiary/aromatic N) is 1. The van der Waals surface area contributed by atoms with Crippen LogP contribution in [0.4, 0.5) is 0 Å². The van der Waals surface area contributed by atoms with Crippen LogP contribution < -0.4 is 0 Å². The first-order chi connectivity index (χ1) is 6.65. The van der Waals surface area contributed by atoms with Crippen molar-refractivity contribution in [2.45, 2.75) is 52.0 Å². The third-order valence-electron chi connectivity index (χ3n) is 3.60. The average molecular weight is 197 g/mol. The van der Waals surface area contributed by atoms with Gasteiger partial charge in [-0.2, -0.15) is 0 Å². The Morgan fingerprint density at radius 2 is 2.29 bits per heavy atom. The number of ketones is 1. The predicted octanol–water partition coefficient (Wildman–Crippen LogP) is 2.48. The van der Waals surface area contributed by atoms with E-state index in [1.807, 2.05) is 0 Å². The normalized spacial score (nSPS) is 24.6. The van der Waals surface area contributed by atoms with Crippen LogP contribution in [-0.4, -0.2) is 30.3 Å². The molecule has 0 N–H and O–H groups in total. The Hall–Kier alpha value is -0.370. The molecule has 1 aliphatic rings. The van der Waals surface area contributed by atoms with Crippen LogP contribution in [0.3, 0.4) is 0 Å². The smallest absolute Gasteiger partial charge is 0.136 e. The minimum absolute atomic E-state index is 0.376. The molecule has 82 valence electrons. The molecule has 1 saturated carbocycles. The first-order valence-electron chi connectivity index (χ1n) is 5.88. The fraction of sp³-hybridized carbons (Fsp3) is 0.917. The molecule has 0 amide bonds. The molecule has 0 spiro atoms. The summed E-state index contributed by atoms with van der Waals surface area (Å²) >= 11 is 0. The van der Waals surface area contributed by atoms with E-state index >= 15 is 0 Å². The van der Waals surface area contributed by atoms with Crippen molar-refractivity contribution in [3.63, 3.8) is 0 Å². The zero-order valence-corrected chi connectivity index (χ0v) is 9.75.